The average Bonchev–Trinajstić information content (AvgIpc) is 2.80. The molecule has 1 aliphatic heterocycles. The van der Waals surface area contributed by atoms with E-state index in [1.165, 1.54) is 36.2 Å². The third-order valence-electron chi connectivity index (χ3n) is 4.06. The second-order valence-corrected chi connectivity index (χ2v) is 5.31. The molecule has 1 fully saturated rings. The molecule has 1 aromatic rings. The molecule has 2 atom stereocenters. The number of hydrogen-bond donors (Lipinski definition) is 1. The number of nitrogens with one attached hydrogen (secondary N) is 1. The van der Waals surface area contributed by atoms with Crippen molar-refractivity contribution in [2.24, 2.45) is 0 Å². The molecule has 1 saturated heterocycles. The number of benzene rings is 1. The van der Waals surface area contributed by atoms with E-state index >= 15 is 0 Å². The molecule has 0 spiro atoms. The van der Waals surface area contributed by atoms with Gasteiger partial charge in [-0.2, -0.15) is 0 Å². The van der Waals surface area contributed by atoms with Crippen LogP contribution in [0.4, 0.5) is 0 Å². The molecule has 2 heteroatoms. The van der Waals surface area contributed by atoms with Crippen molar-refractivity contribution in [3.8, 4) is 0 Å². The van der Waals surface area contributed by atoms with E-state index in [0.29, 0.717) is 12.1 Å². The Bertz CT molecular complexity index is 387. The van der Waals surface area contributed by atoms with Crippen LogP contribution >= 0.6 is 0 Å². The van der Waals surface area contributed by atoms with Gasteiger partial charge in [-0.15, -0.1) is 0 Å². The molecule has 1 aromatic carbocycles. The number of hydrogen-bond acceptors (Lipinski definition) is 2. The summed E-state index contributed by atoms with van der Waals surface area (Å²) in [5, 5.41) is 3.38. The van der Waals surface area contributed by atoms with Crippen LogP contribution in [0.3, 0.4) is 0 Å². The van der Waals surface area contributed by atoms with Crippen molar-refractivity contribution in [1.82, 2.24) is 10.2 Å². The maximum atomic E-state index is 3.38. The molecule has 2 nitrogen and oxygen atoms in total. The predicted molar refractivity (Wildman–Crippen MR) is 73.4 cm³/mol. The molecule has 1 aliphatic rings. The summed E-state index contributed by atoms with van der Waals surface area (Å²) in [5.41, 5.74) is 4.26. The van der Waals surface area contributed by atoms with E-state index in [2.05, 4.69) is 56.2 Å². The van der Waals surface area contributed by atoms with Gasteiger partial charge in [0.15, 0.2) is 0 Å². The predicted octanol–water partition coefficient (Wildman–Crippen LogP) is 2.66. The molecule has 0 amide bonds. The van der Waals surface area contributed by atoms with Crippen LogP contribution in [0.25, 0.3) is 0 Å². The van der Waals surface area contributed by atoms with Gasteiger partial charge in [-0.05, 0) is 45.4 Å². The fourth-order valence-electron chi connectivity index (χ4n) is 2.78. The van der Waals surface area contributed by atoms with E-state index in [4.69, 9.17) is 0 Å². The number of aryl methyl sites for hydroxylation is 2. The van der Waals surface area contributed by atoms with E-state index in [-0.39, 0.29) is 0 Å². The van der Waals surface area contributed by atoms with E-state index < -0.39 is 0 Å². The van der Waals surface area contributed by atoms with Gasteiger partial charge in [-0.25, -0.2) is 0 Å². The Morgan fingerprint density at radius 2 is 2.12 bits per heavy atom. The second-order valence-electron chi connectivity index (χ2n) is 5.31. The lowest BCUT2D eigenvalue weighted by atomic mass is 9.99. The highest BCUT2D eigenvalue weighted by molar-refractivity contribution is 5.32. The molecular weight excluding hydrogens is 208 g/mol. The van der Waals surface area contributed by atoms with Crippen molar-refractivity contribution >= 4 is 0 Å². The van der Waals surface area contributed by atoms with E-state index in [1.807, 2.05) is 0 Å². The summed E-state index contributed by atoms with van der Waals surface area (Å²) >= 11 is 0. The van der Waals surface area contributed by atoms with Gasteiger partial charge in [0.2, 0.25) is 0 Å². The maximum Gasteiger partial charge on any atom is 0.0323 e. The molecule has 0 aromatic heterocycles. The number of likely N-dealkylation sites (tertiary alicyclic amines) is 1. The molecule has 0 radical (unpaired) electrons. The first kappa shape index (κ1) is 12.6. The molecule has 0 aliphatic carbocycles. The van der Waals surface area contributed by atoms with Crippen LogP contribution in [-0.4, -0.2) is 31.1 Å². The van der Waals surface area contributed by atoms with E-state index in [1.54, 1.807) is 0 Å². The molecule has 94 valence electrons. The monoisotopic (exact) mass is 232 g/mol. The molecule has 1 heterocycles. The Labute approximate surface area is 105 Å². The summed E-state index contributed by atoms with van der Waals surface area (Å²) in [4.78, 5) is 2.59. The first-order chi connectivity index (χ1) is 8.11. The van der Waals surface area contributed by atoms with Crippen LogP contribution in [-0.2, 0) is 0 Å². The molecule has 17 heavy (non-hydrogen) atoms. The summed E-state index contributed by atoms with van der Waals surface area (Å²) < 4.78 is 0. The first-order valence-corrected chi connectivity index (χ1v) is 6.60. The van der Waals surface area contributed by atoms with Crippen LogP contribution in [0, 0.1) is 13.8 Å². The molecular formula is C15H24N2. The highest BCUT2D eigenvalue weighted by Gasteiger charge is 2.26. The first-order valence-electron chi connectivity index (χ1n) is 6.60. The number of nitrogens with zero attached hydrogens (tertiary/aromatic N) is 1. The molecule has 2 rings (SSSR count). The fraction of sp³-hybridized carbons (Fsp3) is 0.600. The SMILES string of the molecule is CNC1CCN(C(C)c2cc(C)ccc2C)C1. The Balaban J connectivity index is 2.14. The third kappa shape index (κ3) is 2.70. The Morgan fingerprint density at radius 3 is 2.76 bits per heavy atom. The van der Waals surface area contributed by atoms with Crippen LogP contribution < -0.4 is 5.32 Å². The van der Waals surface area contributed by atoms with Crippen LogP contribution in [0.5, 0.6) is 0 Å². The molecule has 1 N–H and O–H groups in total. The minimum atomic E-state index is 0.535. The summed E-state index contributed by atoms with van der Waals surface area (Å²) in [5.74, 6) is 0. The standard InChI is InChI=1S/C15H24N2/c1-11-5-6-12(2)15(9-11)13(3)17-8-7-14(10-17)16-4/h5-6,9,13-14,16H,7-8,10H2,1-4H3. The zero-order valence-corrected chi connectivity index (χ0v) is 11.5. The minimum Gasteiger partial charge on any atom is -0.316 e. The average molecular weight is 232 g/mol. The summed E-state index contributed by atoms with van der Waals surface area (Å²) in [7, 11) is 2.07. The lowest BCUT2D eigenvalue weighted by Crippen LogP contribution is -2.31. The smallest absolute Gasteiger partial charge is 0.0323 e. The normalized spacial score (nSPS) is 22.9. The number of rotatable bonds is 3. The van der Waals surface area contributed by atoms with Crippen LogP contribution in [0.2, 0.25) is 0 Å². The Hall–Kier alpha value is -0.860. The van der Waals surface area contributed by atoms with Gasteiger partial charge in [0.25, 0.3) is 0 Å². The molecule has 2 unspecified atom stereocenters. The summed E-state index contributed by atoms with van der Waals surface area (Å²) in [6.07, 6.45) is 1.27. The number of likely N-dealkylation sites (N-methyl/N-ethyl adjacent to an activating group) is 1. The van der Waals surface area contributed by atoms with Crippen molar-refractivity contribution in [2.75, 3.05) is 20.1 Å². The zero-order chi connectivity index (χ0) is 12.4. The van der Waals surface area contributed by atoms with Crippen molar-refractivity contribution < 1.29 is 0 Å². The van der Waals surface area contributed by atoms with Crippen molar-refractivity contribution in [3.05, 3.63) is 34.9 Å². The second kappa shape index (κ2) is 5.19. The van der Waals surface area contributed by atoms with Gasteiger partial charge in [0, 0.05) is 25.2 Å². The van der Waals surface area contributed by atoms with Gasteiger partial charge >= 0.3 is 0 Å². The van der Waals surface area contributed by atoms with Gasteiger partial charge in [0.05, 0.1) is 0 Å². The minimum absolute atomic E-state index is 0.535. The molecule has 0 saturated carbocycles. The lowest BCUT2D eigenvalue weighted by molar-refractivity contribution is 0.256. The largest absolute Gasteiger partial charge is 0.316 e. The van der Waals surface area contributed by atoms with Crippen molar-refractivity contribution in [2.45, 2.75) is 39.3 Å². The Kier molecular flexibility index (Phi) is 3.85. The zero-order valence-electron chi connectivity index (χ0n) is 11.5. The fourth-order valence-corrected chi connectivity index (χ4v) is 2.78. The highest BCUT2D eigenvalue weighted by atomic mass is 15.2. The van der Waals surface area contributed by atoms with Gasteiger partial charge in [-0.3, -0.25) is 4.90 Å². The van der Waals surface area contributed by atoms with Crippen molar-refractivity contribution in [3.63, 3.8) is 0 Å². The van der Waals surface area contributed by atoms with E-state index in [0.717, 1.165) is 0 Å². The van der Waals surface area contributed by atoms with Gasteiger partial charge in [-0.1, -0.05) is 23.8 Å². The van der Waals surface area contributed by atoms with E-state index in [9.17, 15) is 0 Å². The quantitative estimate of drug-likeness (QED) is 0.862. The van der Waals surface area contributed by atoms with Gasteiger partial charge in [0.1, 0.15) is 0 Å². The lowest BCUT2D eigenvalue weighted by Gasteiger charge is -2.26. The summed E-state index contributed by atoms with van der Waals surface area (Å²) in [6, 6.07) is 7.99. The van der Waals surface area contributed by atoms with Crippen LogP contribution in [0.1, 0.15) is 36.1 Å². The van der Waals surface area contributed by atoms with Crippen molar-refractivity contribution in [1.29, 1.82) is 0 Å². The van der Waals surface area contributed by atoms with Gasteiger partial charge < -0.3 is 5.32 Å². The maximum absolute atomic E-state index is 3.38. The highest BCUT2D eigenvalue weighted by Crippen LogP contribution is 2.27. The molecule has 0 bridgehead atoms. The van der Waals surface area contributed by atoms with Crippen LogP contribution in [0.15, 0.2) is 18.2 Å². The third-order valence-corrected chi connectivity index (χ3v) is 4.06. The topological polar surface area (TPSA) is 15.3 Å². The Morgan fingerprint density at radius 1 is 1.35 bits per heavy atom. The summed E-state index contributed by atoms with van der Waals surface area (Å²) in [6.45, 7) is 9.11.